The molecule has 2 unspecified atom stereocenters. The highest BCUT2D eigenvalue weighted by Crippen LogP contribution is 2.50. The molecule has 1 saturated carbocycles. The van der Waals surface area contributed by atoms with Gasteiger partial charge in [-0.05, 0) is 12.3 Å². The molecule has 12 heavy (non-hydrogen) atoms. The highest BCUT2D eigenvalue weighted by Gasteiger charge is 2.59. The predicted octanol–water partition coefficient (Wildman–Crippen LogP) is -0.886. The number of imide groups is 1. The average molecular weight is 167 g/mol. The maximum absolute atomic E-state index is 11.4. The third-order valence-electron chi connectivity index (χ3n) is 2.63. The van der Waals surface area contributed by atoms with Crippen LogP contribution in [0.1, 0.15) is 6.42 Å². The number of amides is 2. The van der Waals surface area contributed by atoms with E-state index in [1.807, 2.05) is 0 Å². The fourth-order valence-corrected chi connectivity index (χ4v) is 1.93. The minimum atomic E-state index is -0.737. The summed E-state index contributed by atoms with van der Waals surface area (Å²) in [6, 6.07) is -0.313. The van der Waals surface area contributed by atoms with Crippen molar-refractivity contribution in [3.8, 4) is 0 Å². The fraction of sp³-hybridized carbons (Fsp3) is 0.714. The molecule has 1 N–H and O–H groups in total. The van der Waals surface area contributed by atoms with E-state index in [4.69, 9.17) is 9.28 Å². The van der Waals surface area contributed by atoms with Gasteiger partial charge in [-0.3, -0.25) is 14.5 Å². The number of carbonyl (C=O) groups excluding carboxylic acids is 2. The van der Waals surface area contributed by atoms with Crippen LogP contribution in [0.3, 0.4) is 0 Å². The zero-order valence-electron chi connectivity index (χ0n) is 7.40. The summed E-state index contributed by atoms with van der Waals surface area (Å²) >= 11 is 0. The number of aliphatic hydroxyl groups is 1. The first kappa shape index (κ1) is 6.66. The lowest BCUT2D eigenvalue weighted by Gasteiger charge is -2.22. The van der Waals surface area contributed by atoms with Crippen LogP contribution >= 0.6 is 0 Å². The van der Waals surface area contributed by atoms with Crippen LogP contribution in [0.25, 0.3) is 0 Å². The molecule has 2 radical (unpaired) electrons. The van der Waals surface area contributed by atoms with E-state index >= 15 is 0 Å². The van der Waals surface area contributed by atoms with Crippen LogP contribution in [0.2, 0.25) is 0 Å². The zero-order chi connectivity index (χ0) is 9.59. The van der Waals surface area contributed by atoms with E-state index in [0.29, 0.717) is 0 Å². The molecule has 1 aliphatic heterocycles. The summed E-state index contributed by atoms with van der Waals surface area (Å²) < 4.78 is 6.58. The summed E-state index contributed by atoms with van der Waals surface area (Å²) in [6.07, 6.45) is 0.802. The van der Waals surface area contributed by atoms with Gasteiger partial charge >= 0.3 is 0 Å². The maximum Gasteiger partial charge on any atom is 0.232 e. The minimum absolute atomic E-state index is 0.0485. The molecule has 1 heterocycles. The lowest BCUT2D eigenvalue weighted by molar-refractivity contribution is -0.128. The third kappa shape index (κ3) is 0.828. The molecule has 0 aromatic heterocycles. The summed E-state index contributed by atoms with van der Waals surface area (Å²) in [4.78, 5) is 23.3. The Morgan fingerprint density at radius 1 is 1.92 bits per heavy atom. The number of piperidine rings is 1. The molecule has 4 nitrogen and oxygen atoms in total. The molecule has 0 aromatic carbocycles. The number of rotatable bonds is 2. The molecule has 0 spiro atoms. The van der Waals surface area contributed by atoms with E-state index in [-0.39, 0.29) is 30.4 Å². The summed E-state index contributed by atoms with van der Waals surface area (Å²) in [5.74, 6) is -0.822. The van der Waals surface area contributed by atoms with Crippen molar-refractivity contribution in [1.29, 1.82) is 1.43 Å². The fourth-order valence-electron chi connectivity index (χ4n) is 1.93. The van der Waals surface area contributed by atoms with Gasteiger partial charge in [-0.25, -0.2) is 0 Å². The Hall–Kier alpha value is -0.835. The Kier molecular flexibility index (Phi) is 1.29. The summed E-state index contributed by atoms with van der Waals surface area (Å²) in [5, 5.41) is 4.20. The molecule has 0 bridgehead atoms. The van der Waals surface area contributed by atoms with Crippen molar-refractivity contribution in [3.63, 3.8) is 0 Å². The number of carbonyl (C=O) groups is 2. The molecule has 1 aliphatic carbocycles. The van der Waals surface area contributed by atoms with Crippen LogP contribution in [-0.4, -0.2) is 43.6 Å². The second-order valence-corrected chi connectivity index (χ2v) is 3.29. The monoisotopic (exact) mass is 167 g/mol. The van der Waals surface area contributed by atoms with Crippen molar-refractivity contribution >= 4 is 19.6 Å². The molecule has 2 aliphatic rings. The van der Waals surface area contributed by atoms with E-state index in [9.17, 15) is 9.59 Å². The van der Waals surface area contributed by atoms with Crippen molar-refractivity contribution in [3.05, 3.63) is 0 Å². The molecule has 0 aromatic rings. The highest BCUT2D eigenvalue weighted by atomic mass is 16.3. The molecule has 2 amide bonds. The standard InChI is InChI=1S/C7H8BNO3/c8-7(12)9-5(2-10)3-1-4(3)6(9)11/h3-5,10H,1-2H2/t3?,4?,5-/m1/s1/i10T. The van der Waals surface area contributed by atoms with E-state index in [1.165, 1.54) is 0 Å². The van der Waals surface area contributed by atoms with E-state index in [0.717, 1.165) is 11.3 Å². The topological polar surface area (TPSA) is 57.6 Å². The van der Waals surface area contributed by atoms with Gasteiger partial charge in [0.15, 0.2) is 5.81 Å². The minimum Gasteiger partial charge on any atom is -0.394 e. The summed E-state index contributed by atoms with van der Waals surface area (Å²) in [5.41, 5.74) is 0. The van der Waals surface area contributed by atoms with Gasteiger partial charge in [0, 0.05) is 5.92 Å². The van der Waals surface area contributed by atoms with Gasteiger partial charge in [0.25, 0.3) is 0 Å². The lowest BCUT2D eigenvalue weighted by atomic mass is 10.1. The van der Waals surface area contributed by atoms with Gasteiger partial charge in [-0.15, -0.1) is 0 Å². The first-order chi connectivity index (χ1) is 6.16. The molecule has 2 rings (SSSR count). The van der Waals surface area contributed by atoms with E-state index < -0.39 is 5.81 Å². The van der Waals surface area contributed by atoms with E-state index in [1.54, 1.807) is 0 Å². The largest absolute Gasteiger partial charge is 0.394 e. The summed E-state index contributed by atoms with van der Waals surface area (Å²) in [7, 11) is 5.04. The average Bonchev–Trinajstić information content (AvgIpc) is 2.76. The molecular formula is C7H8BNO3. The third-order valence-corrected chi connectivity index (χ3v) is 2.63. The number of likely N-dealkylation sites (tertiary alicyclic amines) is 1. The Labute approximate surface area is 72.4 Å². The van der Waals surface area contributed by atoms with Crippen molar-refractivity contribution in [2.24, 2.45) is 11.8 Å². The SMILES string of the molecule is [3H]OC[C@@H]1C2CC2C(=O)N1C([B])=O. The number of nitrogens with zero attached hydrogens (tertiary/aromatic N) is 1. The van der Waals surface area contributed by atoms with Crippen molar-refractivity contribution in [2.75, 3.05) is 6.61 Å². The molecular weight excluding hydrogens is 157 g/mol. The van der Waals surface area contributed by atoms with Gasteiger partial charge < -0.3 is 5.11 Å². The Morgan fingerprint density at radius 2 is 2.67 bits per heavy atom. The number of aliphatic hydroxyl groups excluding tert-OH is 1. The number of fused-ring (bicyclic) bond motifs is 1. The van der Waals surface area contributed by atoms with Crippen LogP contribution in [0.5, 0.6) is 0 Å². The van der Waals surface area contributed by atoms with Crippen LogP contribution in [0.15, 0.2) is 0 Å². The molecule has 1 saturated heterocycles. The predicted molar refractivity (Wildman–Crippen MR) is 40.5 cm³/mol. The molecule has 2 fully saturated rings. The number of hydrogen-bond donors (Lipinski definition) is 1. The maximum atomic E-state index is 11.4. The van der Waals surface area contributed by atoms with Gasteiger partial charge in [-0.2, -0.15) is 0 Å². The van der Waals surface area contributed by atoms with Crippen LogP contribution < -0.4 is 0 Å². The van der Waals surface area contributed by atoms with E-state index in [2.05, 4.69) is 5.11 Å². The lowest BCUT2D eigenvalue weighted by Crippen LogP contribution is -2.42. The quantitative estimate of drug-likeness (QED) is 0.543. The molecule has 3 atom stereocenters. The van der Waals surface area contributed by atoms with Crippen LogP contribution in [0, 0.1) is 11.8 Å². The van der Waals surface area contributed by atoms with Crippen LogP contribution in [-0.2, 0) is 4.79 Å². The second-order valence-electron chi connectivity index (χ2n) is 3.29. The van der Waals surface area contributed by atoms with Crippen molar-refractivity contribution < 1.29 is 14.7 Å². The summed E-state index contributed by atoms with van der Waals surface area (Å²) in [6.45, 7) is 0.0653. The highest BCUT2D eigenvalue weighted by molar-refractivity contribution is 6.58. The first-order valence-corrected chi connectivity index (χ1v) is 3.87. The second kappa shape index (κ2) is 2.32. The Balaban J connectivity index is 2.14. The zero-order valence-corrected chi connectivity index (χ0v) is 6.40. The molecule has 5 heteroatoms. The van der Waals surface area contributed by atoms with Gasteiger partial charge in [0.1, 0.15) is 0 Å². The van der Waals surface area contributed by atoms with Gasteiger partial charge in [-0.1, -0.05) is 0 Å². The van der Waals surface area contributed by atoms with Gasteiger partial charge in [0.05, 0.1) is 12.6 Å². The van der Waals surface area contributed by atoms with Crippen molar-refractivity contribution in [2.45, 2.75) is 12.5 Å². The Morgan fingerprint density at radius 3 is 3.25 bits per heavy atom. The van der Waals surface area contributed by atoms with Crippen LogP contribution in [0.4, 0.5) is 4.79 Å². The smallest absolute Gasteiger partial charge is 0.232 e. The molecule has 62 valence electrons. The van der Waals surface area contributed by atoms with Gasteiger partial charge in [0.2, 0.25) is 15.2 Å². The number of hydrogen-bond acceptors (Lipinski definition) is 3. The first-order valence-electron chi connectivity index (χ1n) is 4.28. The normalized spacial score (nSPS) is 39.3. The Bertz CT molecular complexity index is 272. The van der Waals surface area contributed by atoms with Crippen molar-refractivity contribution in [1.82, 2.24) is 4.90 Å².